The second-order valence-electron chi connectivity index (χ2n) is 2.90. The minimum absolute atomic E-state index is 0.0681. The Morgan fingerprint density at radius 3 is 3.00 bits per heavy atom. The van der Waals surface area contributed by atoms with Gasteiger partial charge in [-0.25, -0.2) is 9.37 Å². The van der Waals surface area contributed by atoms with E-state index < -0.39 is 5.82 Å². The summed E-state index contributed by atoms with van der Waals surface area (Å²) in [5.41, 5.74) is 0.776. The molecule has 1 N–H and O–H groups in total. The van der Waals surface area contributed by atoms with Gasteiger partial charge in [0.1, 0.15) is 5.65 Å². The van der Waals surface area contributed by atoms with Gasteiger partial charge in [-0.1, -0.05) is 11.6 Å². The molecular weight excluding hydrogens is 207 g/mol. The number of pyridine rings is 1. The van der Waals surface area contributed by atoms with E-state index in [0.717, 1.165) is 6.20 Å². The van der Waals surface area contributed by atoms with Crippen LogP contribution in [-0.2, 0) is 0 Å². The lowest BCUT2D eigenvalue weighted by atomic mass is 10.1. The van der Waals surface area contributed by atoms with E-state index >= 15 is 0 Å². The Balaban J connectivity index is 2.89. The lowest BCUT2D eigenvalue weighted by molar-refractivity contribution is 0.101. The molecule has 3 nitrogen and oxygen atoms in total. The molecule has 2 heterocycles. The summed E-state index contributed by atoms with van der Waals surface area (Å²) in [7, 11) is 0. The first-order valence-corrected chi connectivity index (χ1v) is 4.31. The first kappa shape index (κ1) is 9.15. The van der Waals surface area contributed by atoms with E-state index in [0.29, 0.717) is 16.6 Å². The van der Waals surface area contributed by atoms with Crippen LogP contribution in [0, 0.1) is 5.82 Å². The number of H-pyrrole nitrogens is 1. The number of Topliss-reactive ketones (excluding diaryl/α,β-unsaturated/α-hetero) is 1. The van der Waals surface area contributed by atoms with Gasteiger partial charge in [0.15, 0.2) is 11.6 Å². The Labute approximate surface area is 83.9 Å². The Bertz CT molecular complexity index is 521. The topological polar surface area (TPSA) is 45.8 Å². The third kappa shape index (κ3) is 1.19. The van der Waals surface area contributed by atoms with Crippen molar-refractivity contribution in [2.75, 3.05) is 0 Å². The van der Waals surface area contributed by atoms with Crippen molar-refractivity contribution < 1.29 is 9.18 Å². The Morgan fingerprint density at radius 1 is 1.64 bits per heavy atom. The van der Waals surface area contributed by atoms with E-state index in [1.54, 1.807) is 0 Å². The molecule has 0 saturated carbocycles. The molecule has 0 aliphatic carbocycles. The fourth-order valence-electron chi connectivity index (χ4n) is 1.31. The maximum Gasteiger partial charge on any atom is 0.162 e. The first-order valence-electron chi connectivity index (χ1n) is 3.93. The van der Waals surface area contributed by atoms with Crippen molar-refractivity contribution >= 4 is 28.4 Å². The van der Waals surface area contributed by atoms with Crippen LogP contribution in [0.25, 0.3) is 11.0 Å². The molecule has 0 aromatic carbocycles. The Hall–Kier alpha value is -1.42. The summed E-state index contributed by atoms with van der Waals surface area (Å²) >= 11 is 5.73. The molecule has 0 atom stereocenters. The molecule has 0 aliphatic heterocycles. The van der Waals surface area contributed by atoms with Crippen molar-refractivity contribution in [1.29, 1.82) is 0 Å². The fraction of sp³-hybridized carbons (Fsp3) is 0.111. The number of carbonyl (C=O) groups is 1. The highest BCUT2D eigenvalue weighted by atomic mass is 35.5. The first-order chi connectivity index (χ1) is 6.61. The fourth-order valence-corrected chi connectivity index (χ4v) is 1.55. The van der Waals surface area contributed by atoms with Crippen LogP contribution in [0.2, 0.25) is 5.02 Å². The second-order valence-corrected chi connectivity index (χ2v) is 3.28. The number of fused-ring (bicyclic) bond motifs is 1. The van der Waals surface area contributed by atoms with Crippen molar-refractivity contribution in [2.24, 2.45) is 0 Å². The number of carbonyl (C=O) groups excluding carboxylic acids is 1. The van der Waals surface area contributed by atoms with Crippen molar-refractivity contribution in [1.82, 2.24) is 9.97 Å². The van der Waals surface area contributed by atoms with Crippen LogP contribution in [0.1, 0.15) is 17.3 Å². The van der Waals surface area contributed by atoms with E-state index in [4.69, 9.17) is 11.6 Å². The Morgan fingerprint density at radius 2 is 2.36 bits per heavy atom. The van der Waals surface area contributed by atoms with E-state index in [1.165, 1.54) is 13.1 Å². The predicted molar refractivity (Wildman–Crippen MR) is 51.1 cm³/mol. The SMILES string of the molecule is CC(=O)c1c[nH]c2ncc(F)c(Cl)c12. The quantitative estimate of drug-likeness (QED) is 0.739. The summed E-state index contributed by atoms with van der Waals surface area (Å²) in [4.78, 5) is 17.7. The maximum atomic E-state index is 13.0. The number of ketones is 1. The molecule has 2 rings (SSSR count). The highest BCUT2D eigenvalue weighted by Gasteiger charge is 2.14. The second kappa shape index (κ2) is 3.06. The van der Waals surface area contributed by atoms with Crippen LogP contribution in [0.4, 0.5) is 4.39 Å². The molecule has 14 heavy (non-hydrogen) atoms. The normalized spacial score (nSPS) is 10.8. The number of aromatic nitrogens is 2. The van der Waals surface area contributed by atoms with Crippen molar-refractivity contribution in [3.8, 4) is 0 Å². The Kier molecular flexibility index (Phi) is 2.00. The van der Waals surface area contributed by atoms with Crippen molar-refractivity contribution in [3.63, 3.8) is 0 Å². The highest BCUT2D eigenvalue weighted by Crippen LogP contribution is 2.27. The molecular formula is C9H6ClFN2O. The van der Waals surface area contributed by atoms with Crippen LogP contribution in [0.15, 0.2) is 12.4 Å². The molecule has 0 spiro atoms. The molecule has 0 saturated heterocycles. The molecule has 72 valence electrons. The number of nitrogens with zero attached hydrogens (tertiary/aromatic N) is 1. The van der Waals surface area contributed by atoms with Gasteiger partial charge in [-0.05, 0) is 6.92 Å². The third-order valence-corrected chi connectivity index (χ3v) is 2.34. The maximum absolute atomic E-state index is 13.0. The zero-order chi connectivity index (χ0) is 10.3. The highest BCUT2D eigenvalue weighted by molar-refractivity contribution is 6.36. The molecule has 0 aliphatic rings. The lowest BCUT2D eigenvalue weighted by Crippen LogP contribution is -1.91. The van der Waals surface area contributed by atoms with E-state index in [1.807, 2.05) is 0 Å². The van der Waals surface area contributed by atoms with Gasteiger partial charge < -0.3 is 4.98 Å². The van der Waals surface area contributed by atoms with Gasteiger partial charge in [0.25, 0.3) is 0 Å². The molecule has 0 bridgehead atoms. The van der Waals surface area contributed by atoms with Crippen LogP contribution in [0.3, 0.4) is 0 Å². The smallest absolute Gasteiger partial charge is 0.162 e. The summed E-state index contributed by atoms with van der Waals surface area (Å²) in [5, 5.41) is 0.278. The van der Waals surface area contributed by atoms with Crippen molar-refractivity contribution in [2.45, 2.75) is 6.92 Å². The van der Waals surface area contributed by atoms with E-state index in [2.05, 4.69) is 9.97 Å². The summed E-state index contributed by atoms with van der Waals surface area (Å²) in [6.07, 6.45) is 2.50. The predicted octanol–water partition coefficient (Wildman–Crippen LogP) is 2.56. The lowest BCUT2D eigenvalue weighted by Gasteiger charge is -1.97. The number of rotatable bonds is 1. The summed E-state index contributed by atoms with van der Waals surface area (Å²) in [6.45, 7) is 1.39. The van der Waals surface area contributed by atoms with Gasteiger partial charge in [0.05, 0.1) is 16.6 Å². The van der Waals surface area contributed by atoms with Gasteiger partial charge in [0, 0.05) is 11.8 Å². The third-order valence-electron chi connectivity index (χ3n) is 1.97. The minimum Gasteiger partial charge on any atom is -0.345 e. The van der Waals surface area contributed by atoms with Gasteiger partial charge in [-0.15, -0.1) is 0 Å². The van der Waals surface area contributed by atoms with Gasteiger partial charge in [0.2, 0.25) is 0 Å². The van der Waals surface area contributed by atoms with Crippen LogP contribution < -0.4 is 0 Å². The molecule has 5 heteroatoms. The average molecular weight is 213 g/mol. The number of halogens is 2. The standard InChI is InChI=1S/C9H6ClFN2O/c1-4(14)5-2-12-9-7(5)8(10)6(11)3-13-9/h2-3H,1H3,(H,12,13). The molecule has 0 radical (unpaired) electrons. The monoisotopic (exact) mass is 212 g/mol. The number of nitrogens with one attached hydrogen (secondary N) is 1. The number of hydrogen-bond acceptors (Lipinski definition) is 2. The van der Waals surface area contributed by atoms with Crippen LogP contribution in [-0.4, -0.2) is 15.8 Å². The number of hydrogen-bond donors (Lipinski definition) is 1. The van der Waals surface area contributed by atoms with Crippen molar-refractivity contribution in [3.05, 3.63) is 28.8 Å². The van der Waals surface area contributed by atoms with Crippen LogP contribution in [0.5, 0.6) is 0 Å². The summed E-state index contributed by atoms with van der Waals surface area (Å²) < 4.78 is 13.0. The number of aromatic amines is 1. The zero-order valence-electron chi connectivity index (χ0n) is 7.27. The van der Waals surface area contributed by atoms with Crippen LogP contribution >= 0.6 is 11.6 Å². The largest absolute Gasteiger partial charge is 0.345 e. The minimum atomic E-state index is -0.624. The molecule has 0 unspecified atom stereocenters. The average Bonchev–Trinajstić information content (AvgIpc) is 2.55. The summed E-state index contributed by atoms with van der Waals surface area (Å²) in [6, 6.07) is 0. The zero-order valence-corrected chi connectivity index (χ0v) is 8.02. The van der Waals surface area contributed by atoms with Gasteiger partial charge in [-0.2, -0.15) is 0 Å². The van der Waals surface area contributed by atoms with E-state index in [9.17, 15) is 9.18 Å². The molecule has 2 aromatic heterocycles. The van der Waals surface area contributed by atoms with Gasteiger partial charge in [-0.3, -0.25) is 4.79 Å². The summed E-state index contributed by atoms with van der Waals surface area (Å²) in [5.74, 6) is -0.799. The molecule has 0 amide bonds. The van der Waals surface area contributed by atoms with E-state index in [-0.39, 0.29) is 10.8 Å². The molecule has 2 aromatic rings. The molecule has 0 fully saturated rings. The van der Waals surface area contributed by atoms with Gasteiger partial charge >= 0.3 is 0 Å².